The van der Waals surface area contributed by atoms with Crippen molar-refractivity contribution in [3.8, 4) is 0 Å². The van der Waals surface area contributed by atoms with Gasteiger partial charge in [-0.1, -0.05) is 84.6 Å². The highest BCUT2D eigenvalue weighted by Gasteiger charge is 2.25. The van der Waals surface area contributed by atoms with E-state index in [-0.39, 0.29) is 16.1 Å². The highest BCUT2D eigenvalue weighted by atomic mass is 32.2. The summed E-state index contributed by atoms with van der Waals surface area (Å²) in [4.78, 5) is 35.1. The van der Waals surface area contributed by atoms with Crippen LogP contribution in [-0.4, -0.2) is 15.8 Å². The van der Waals surface area contributed by atoms with E-state index in [1.807, 2.05) is 60.7 Å². The van der Waals surface area contributed by atoms with Gasteiger partial charge in [-0.3, -0.25) is 20.2 Å². The minimum absolute atomic E-state index is 0.170. The summed E-state index contributed by atoms with van der Waals surface area (Å²) < 4.78 is 5.94. The topological polar surface area (TPSA) is 113 Å². The lowest BCUT2D eigenvalue weighted by Crippen LogP contribution is -2.13. The van der Waals surface area contributed by atoms with E-state index in [9.17, 15) is 25.0 Å². The second-order valence-corrected chi connectivity index (χ2v) is 8.45. The van der Waals surface area contributed by atoms with Gasteiger partial charge in [0.15, 0.2) is 6.10 Å². The predicted octanol–water partition coefficient (Wildman–Crippen LogP) is 6.60. The fourth-order valence-electron chi connectivity index (χ4n) is 3.45. The van der Waals surface area contributed by atoms with Gasteiger partial charge in [0.1, 0.15) is 0 Å². The molecule has 0 N–H and O–H groups in total. The minimum Gasteiger partial charge on any atom is -0.449 e. The average Bonchev–Trinajstić information content (AvgIpc) is 2.88. The summed E-state index contributed by atoms with van der Waals surface area (Å²) in [5.41, 5.74) is 1.01. The minimum atomic E-state index is -0.694. The number of hydrogen-bond donors (Lipinski definition) is 0. The van der Waals surface area contributed by atoms with Crippen LogP contribution in [0.15, 0.2) is 113 Å². The van der Waals surface area contributed by atoms with Crippen molar-refractivity contribution in [2.45, 2.75) is 15.9 Å². The molecule has 0 heterocycles. The highest BCUT2D eigenvalue weighted by Crippen LogP contribution is 2.39. The Balaban J connectivity index is 1.67. The highest BCUT2D eigenvalue weighted by molar-refractivity contribution is 7.99. The first kappa shape index (κ1) is 23.7. The van der Waals surface area contributed by atoms with Gasteiger partial charge in [-0.2, -0.15) is 0 Å². The predicted molar refractivity (Wildman–Crippen MR) is 130 cm³/mol. The van der Waals surface area contributed by atoms with Crippen LogP contribution in [0.25, 0.3) is 0 Å². The van der Waals surface area contributed by atoms with Gasteiger partial charge in [-0.25, -0.2) is 4.79 Å². The van der Waals surface area contributed by atoms with Gasteiger partial charge < -0.3 is 4.74 Å². The van der Waals surface area contributed by atoms with Gasteiger partial charge >= 0.3 is 5.97 Å². The molecule has 0 saturated heterocycles. The SMILES string of the molecule is O=C(OC(c1ccccc1)c1ccccc1)c1ccccc1Sc1ccc([N+](=O)[O-])cc1[N+](=O)[O-]. The smallest absolute Gasteiger partial charge is 0.340 e. The van der Waals surface area contributed by atoms with Gasteiger partial charge in [0.05, 0.1) is 26.4 Å². The second-order valence-electron chi connectivity index (χ2n) is 7.37. The van der Waals surface area contributed by atoms with Crippen LogP contribution in [0.3, 0.4) is 0 Å². The van der Waals surface area contributed by atoms with Crippen LogP contribution in [0.4, 0.5) is 11.4 Å². The van der Waals surface area contributed by atoms with Crippen molar-refractivity contribution in [3.63, 3.8) is 0 Å². The van der Waals surface area contributed by atoms with Crippen LogP contribution < -0.4 is 0 Å². The monoisotopic (exact) mass is 486 g/mol. The van der Waals surface area contributed by atoms with Crippen LogP contribution in [0, 0.1) is 20.2 Å². The molecule has 0 unspecified atom stereocenters. The van der Waals surface area contributed by atoms with Crippen molar-refractivity contribution in [1.82, 2.24) is 0 Å². The molecule has 4 aromatic carbocycles. The summed E-state index contributed by atoms with van der Waals surface area (Å²) in [5.74, 6) is -0.602. The van der Waals surface area contributed by atoms with Crippen molar-refractivity contribution in [3.05, 3.63) is 140 Å². The van der Waals surface area contributed by atoms with Crippen LogP contribution in [-0.2, 0) is 4.74 Å². The van der Waals surface area contributed by atoms with E-state index in [4.69, 9.17) is 4.74 Å². The molecule has 0 aliphatic rings. The molecule has 8 nitrogen and oxygen atoms in total. The molecule has 0 aliphatic carbocycles. The quantitative estimate of drug-likeness (QED) is 0.157. The molecule has 0 radical (unpaired) electrons. The standard InChI is InChI=1S/C26H18N2O6S/c29-26(34-25(18-9-3-1-4-10-18)19-11-5-2-6-12-19)21-13-7-8-14-23(21)35-24-16-15-20(27(30)31)17-22(24)28(32)33/h1-17,25H. The molecule has 0 bridgehead atoms. The fourth-order valence-corrected chi connectivity index (χ4v) is 4.46. The molecule has 0 atom stereocenters. The number of ether oxygens (including phenoxy) is 1. The molecule has 0 saturated carbocycles. The summed E-state index contributed by atoms with van der Waals surface area (Å²) in [5, 5.41) is 22.6. The number of non-ortho nitro benzene ring substituents is 1. The maximum atomic E-state index is 13.3. The Labute approximate surface area is 204 Å². The first-order valence-electron chi connectivity index (χ1n) is 10.4. The maximum Gasteiger partial charge on any atom is 0.340 e. The molecule has 0 aromatic heterocycles. The molecule has 0 fully saturated rings. The number of benzene rings is 4. The molecule has 35 heavy (non-hydrogen) atoms. The van der Waals surface area contributed by atoms with Gasteiger partial charge in [0, 0.05) is 11.0 Å². The van der Waals surface area contributed by atoms with Gasteiger partial charge in [0.2, 0.25) is 0 Å². The zero-order valence-corrected chi connectivity index (χ0v) is 19.0. The van der Waals surface area contributed by atoms with Crippen molar-refractivity contribution < 1.29 is 19.4 Å². The molecule has 0 amide bonds. The van der Waals surface area contributed by atoms with Crippen molar-refractivity contribution >= 4 is 29.1 Å². The molecular formula is C26H18N2O6S. The van der Waals surface area contributed by atoms with E-state index in [0.29, 0.717) is 4.90 Å². The number of nitro groups is 2. The lowest BCUT2D eigenvalue weighted by atomic mass is 10.0. The van der Waals surface area contributed by atoms with Crippen molar-refractivity contribution in [1.29, 1.82) is 0 Å². The normalized spacial score (nSPS) is 10.7. The van der Waals surface area contributed by atoms with E-state index >= 15 is 0 Å². The van der Waals surface area contributed by atoms with Gasteiger partial charge in [-0.05, 0) is 29.3 Å². The number of carbonyl (C=O) groups is 1. The Morgan fingerprint density at radius 3 is 1.86 bits per heavy atom. The zero-order valence-electron chi connectivity index (χ0n) is 18.1. The Bertz CT molecular complexity index is 1340. The van der Waals surface area contributed by atoms with E-state index in [1.165, 1.54) is 12.1 Å². The molecule has 0 aliphatic heterocycles. The van der Waals surface area contributed by atoms with Crippen LogP contribution >= 0.6 is 11.8 Å². The molecule has 9 heteroatoms. The number of hydrogen-bond acceptors (Lipinski definition) is 7. The first-order chi connectivity index (χ1) is 16.9. The summed E-state index contributed by atoms with van der Waals surface area (Å²) in [7, 11) is 0. The number of nitro benzene ring substituents is 2. The van der Waals surface area contributed by atoms with Crippen molar-refractivity contribution in [2.75, 3.05) is 0 Å². The Morgan fingerprint density at radius 1 is 0.714 bits per heavy atom. The summed E-state index contributed by atoms with van der Waals surface area (Å²) in [6.07, 6.45) is -0.656. The number of carbonyl (C=O) groups excluding carboxylic acids is 1. The van der Waals surface area contributed by atoms with Crippen molar-refractivity contribution in [2.24, 2.45) is 0 Å². The lowest BCUT2D eigenvalue weighted by Gasteiger charge is -2.20. The largest absolute Gasteiger partial charge is 0.449 e. The van der Waals surface area contributed by atoms with E-state index in [1.54, 1.807) is 24.3 Å². The number of esters is 1. The van der Waals surface area contributed by atoms with E-state index < -0.39 is 27.6 Å². The summed E-state index contributed by atoms with van der Waals surface area (Å²) >= 11 is 0.972. The summed E-state index contributed by atoms with van der Waals surface area (Å²) in [6.45, 7) is 0. The van der Waals surface area contributed by atoms with E-state index in [0.717, 1.165) is 29.0 Å². The third-order valence-corrected chi connectivity index (χ3v) is 6.25. The first-order valence-corrected chi connectivity index (χ1v) is 11.3. The molecule has 4 rings (SSSR count). The Morgan fingerprint density at radius 2 is 1.29 bits per heavy atom. The second kappa shape index (κ2) is 10.6. The van der Waals surface area contributed by atoms with Crippen LogP contribution in [0.2, 0.25) is 0 Å². The molecular weight excluding hydrogens is 468 g/mol. The lowest BCUT2D eigenvalue weighted by molar-refractivity contribution is -0.396. The van der Waals surface area contributed by atoms with Gasteiger partial charge in [0.25, 0.3) is 11.4 Å². The maximum absolute atomic E-state index is 13.3. The third kappa shape index (κ3) is 5.53. The molecule has 0 spiro atoms. The average molecular weight is 487 g/mol. The number of rotatable bonds is 8. The summed E-state index contributed by atoms with van der Waals surface area (Å²) in [6, 6.07) is 28.6. The number of nitrogens with zero attached hydrogens (tertiary/aromatic N) is 2. The van der Waals surface area contributed by atoms with Gasteiger partial charge in [-0.15, -0.1) is 0 Å². The Hall–Kier alpha value is -4.50. The van der Waals surface area contributed by atoms with Crippen LogP contribution in [0.1, 0.15) is 27.6 Å². The van der Waals surface area contributed by atoms with E-state index in [2.05, 4.69) is 0 Å². The molecule has 174 valence electrons. The third-order valence-electron chi connectivity index (χ3n) is 5.11. The van der Waals surface area contributed by atoms with Crippen LogP contribution in [0.5, 0.6) is 0 Å². The Kier molecular flexibility index (Phi) is 7.18. The fraction of sp³-hybridized carbons (Fsp3) is 0.0385. The molecule has 4 aromatic rings. The zero-order chi connectivity index (χ0) is 24.8.